The van der Waals surface area contributed by atoms with Crippen molar-refractivity contribution in [1.82, 2.24) is 5.43 Å². The Hall–Kier alpha value is -3.11. The fourth-order valence-corrected chi connectivity index (χ4v) is 2.77. The summed E-state index contributed by atoms with van der Waals surface area (Å²) in [7, 11) is 0. The van der Waals surface area contributed by atoms with E-state index >= 15 is 0 Å². The number of carbonyl (C=O) groups is 1. The molecule has 0 saturated heterocycles. The molecule has 0 atom stereocenters. The molecule has 3 aromatic carbocycles. The Morgan fingerprint density at radius 2 is 1.52 bits per heavy atom. The molecule has 0 aliphatic rings. The molecule has 0 radical (unpaired) electrons. The Balaban J connectivity index is 1.57. The van der Waals surface area contributed by atoms with Gasteiger partial charge in [-0.25, -0.2) is 5.43 Å². The average Bonchev–Trinajstić information content (AvgIpc) is 2.72. The number of amides is 1. The quantitative estimate of drug-likeness (QED) is 0.471. The molecule has 0 heterocycles. The zero-order valence-electron chi connectivity index (χ0n) is 14.9. The SMILES string of the molecule is C/C(=N\NC(=O)CNc1ccccc1Cl)c1ccc(-c2ccccc2)cc1. The highest BCUT2D eigenvalue weighted by Gasteiger charge is 2.04. The largest absolute Gasteiger partial charge is 0.375 e. The lowest BCUT2D eigenvalue weighted by molar-refractivity contribution is -0.119. The van der Waals surface area contributed by atoms with Crippen LogP contribution in [0.2, 0.25) is 5.02 Å². The Morgan fingerprint density at radius 1 is 0.889 bits per heavy atom. The molecular formula is C22H20ClN3O. The number of nitrogens with one attached hydrogen (secondary N) is 2. The topological polar surface area (TPSA) is 53.5 Å². The third-order valence-electron chi connectivity index (χ3n) is 4.07. The summed E-state index contributed by atoms with van der Waals surface area (Å²) in [5, 5.41) is 7.74. The van der Waals surface area contributed by atoms with Crippen molar-refractivity contribution >= 4 is 28.9 Å². The second-order valence-electron chi connectivity index (χ2n) is 6.01. The Labute approximate surface area is 163 Å². The van der Waals surface area contributed by atoms with Crippen LogP contribution in [0.25, 0.3) is 11.1 Å². The van der Waals surface area contributed by atoms with E-state index in [2.05, 4.69) is 28.0 Å². The Bertz CT molecular complexity index is 937. The van der Waals surface area contributed by atoms with E-state index in [-0.39, 0.29) is 12.5 Å². The average molecular weight is 378 g/mol. The van der Waals surface area contributed by atoms with Crippen molar-refractivity contribution in [2.45, 2.75) is 6.92 Å². The van der Waals surface area contributed by atoms with Gasteiger partial charge in [-0.2, -0.15) is 5.10 Å². The molecule has 27 heavy (non-hydrogen) atoms. The Kier molecular flexibility index (Phi) is 6.23. The van der Waals surface area contributed by atoms with Gasteiger partial charge < -0.3 is 5.32 Å². The molecule has 0 unspecified atom stereocenters. The molecule has 3 aromatic rings. The first-order valence-electron chi connectivity index (χ1n) is 8.61. The van der Waals surface area contributed by atoms with E-state index in [1.807, 2.05) is 67.6 Å². The number of anilines is 1. The van der Waals surface area contributed by atoms with Gasteiger partial charge in [-0.1, -0.05) is 78.3 Å². The summed E-state index contributed by atoms with van der Waals surface area (Å²) in [6.07, 6.45) is 0. The first kappa shape index (κ1) is 18.7. The monoisotopic (exact) mass is 377 g/mol. The van der Waals surface area contributed by atoms with Crippen LogP contribution >= 0.6 is 11.6 Å². The minimum Gasteiger partial charge on any atom is -0.375 e. The molecule has 136 valence electrons. The van der Waals surface area contributed by atoms with E-state index in [0.717, 1.165) is 22.4 Å². The van der Waals surface area contributed by atoms with Gasteiger partial charge in [0.1, 0.15) is 0 Å². The van der Waals surface area contributed by atoms with Crippen LogP contribution in [0, 0.1) is 0 Å². The maximum Gasteiger partial charge on any atom is 0.259 e. The molecule has 0 aromatic heterocycles. The maximum atomic E-state index is 12.0. The van der Waals surface area contributed by atoms with Crippen LogP contribution in [0.1, 0.15) is 12.5 Å². The fourth-order valence-electron chi connectivity index (χ4n) is 2.56. The molecule has 2 N–H and O–H groups in total. The van der Waals surface area contributed by atoms with Crippen molar-refractivity contribution in [2.75, 3.05) is 11.9 Å². The first-order valence-corrected chi connectivity index (χ1v) is 8.98. The first-order chi connectivity index (χ1) is 13.1. The third-order valence-corrected chi connectivity index (χ3v) is 4.40. The summed E-state index contributed by atoms with van der Waals surface area (Å²) < 4.78 is 0. The zero-order chi connectivity index (χ0) is 19.1. The highest BCUT2D eigenvalue weighted by molar-refractivity contribution is 6.33. The number of nitrogens with zero attached hydrogens (tertiary/aromatic N) is 1. The summed E-state index contributed by atoms with van der Waals surface area (Å²) >= 11 is 6.05. The summed E-state index contributed by atoms with van der Waals surface area (Å²) in [6.45, 7) is 1.95. The van der Waals surface area contributed by atoms with E-state index in [4.69, 9.17) is 11.6 Å². The number of hydrazone groups is 1. The number of rotatable bonds is 6. The minimum atomic E-state index is -0.241. The van der Waals surface area contributed by atoms with Crippen molar-refractivity contribution in [1.29, 1.82) is 0 Å². The lowest BCUT2D eigenvalue weighted by Gasteiger charge is -2.08. The van der Waals surface area contributed by atoms with E-state index < -0.39 is 0 Å². The lowest BCUT2D eigenvalue weighted by Crippen LogP contribution is -2.26. The van der Waals surface area contributed by atoms with E-state index in [1.54, 1.807) is 6.07 Å². The van der Waals surface area contributed by atoms with Gasteiger partial charge in [0, 0.05) is 0 Å². The smallest absolute Gasteiger partial charge is 0.259 e. The standard InChI is InChI=1S/C22H20ClN3O/c1-16(17-11-13-19(14-12-17)18-7-3-2-4-8-18)25-26-22(27)15-24-21-10-6-5-9-20(21)23/h2-14,24H,15H2,1H3,(H,26,27)/b25-16+. The second kappa shape index (κ2) is 9.01. The van der Waals surface area contributed by atoms with Crippen LogP contribution in [0.3, 0.4) is 0 Å². The molecule has 1 amide bonds. The minimum absolute atomic E-state index is 0.0907. The van der Waals surface area contributed by atoms with Crippen LogP contribution < -0.4 is 10.7 Å². The molecule has 4 nitrogen and oxygen atoms in total. The van der Waals surface area contributed by atoms with E-state index in [9.17, 15) is 4.79 Å². The molecule has 0 aliphatic carbocycles. The van der Waals surface area contributed by atoms with E-state index in [0.29, 0.717) is 10.7 Å². The highest BCUT2D eigenvalue weighted by Crippen LogP contribution is 2.20. The van der Waals surface area contributed by atoms with Crippen molar-refractivity contribution in [3.8, 4) is 11.1 Å². The van der Waals surface area contributed by atoms with Gasteiger partial charge in [-0.15, -0.1) is 0 Å². The number of halogens is 1. The van der Waals surface area contributed by atoms with Gasteiger partial charge in [0.15, 0.2) is 0 Å². The normalized spacial score (nSPS) is 11.1. The van der Waals surface area contributed by atoms with Crippen molar-refractivity contribution in [3.05, 3.63) is 89.4 Å². The van der Waals surface area contributed by atoms with Gasteiger partial charge in [-0.05, 0) is 35.7 Å². The molecular weight excluding hydrogens is 358 g/mol. The number of para-hydroxylation sites is 1. The molecule has 0 aliphatic heterocycles. The molecule has 0 fully saturated rings. The number of carbonyl (C=O) groups excluding carboxylic acids is 1. The van der Waals surface area contributed by atoms with E-state index in [1.165, 1.54) is 0 Å². The highest BCUT2D eigenvalue weighted by atomic mass is 35.5. The number of hydrogen-bond acceptors (Lipinski definition) is 3. The van der Waals surface area contributed by atoms with Crippen LogP contribution in [0.15, 0.2) is 84.0 Å². The number of benzene rings is 3. The molecule has 0 saturated carbocycles. The lowest BCUT2D eigenvalue weighted by atomic mass is 10.0. The van der Waals surface area contributed by atoms with Crippen LogP contribution in [0.5, 0.6) is 0 Å². The summed E-state index contributed by atoms with van der Waals surface area (Å²) in [6, 6.07) is 25.5. The summed E-state index contributed by atoms with van der Waals surface area (Å²) in [4.78, 5) is 12.0. The predicted molar refractivity (Wildman–Crippen MR) is 112 cm³/mol. The van der Waals surface area contributed by atoms with Gasteiger partial charge >= 0.3 is 0 Å². The fraction of sp³-hybridized carbons (Fsp3) is 0.0909. The van der Waals surface area contributed by atoms with Gasteiger partial charge in [0.05, 0.1) is 23.0 Å². The van der Waals surface area contributed by atoms with Crippen molar-refractivity contribution < 1.29 is 4.79 Å². The molecule has 5 heteroatoms. The van der Waals surface area contributed by atoms with Crippen molar-refractivity contribution in [2.24, 2.45) is 5.10 Å². The van der Waals surface area contributed by atoms with Crippen molar-refractivity contribution in [3.63, 3.8) is 0 Å². The van der Waals surface area contributed by atoms with Gasteiger partial charge in [-0.3, -0.25) is 4.79 Å². The Morgan fingerprint density at radius 3 is 2.22 bits per heavy atom. The van der Waals surface area contributed by atoms with Gasteiger partial charge in [0.2, 0.25) is 0 Å². The molecule has 0 bridgehead atoms. The summed E-state index contributed by atoms with van der Waals surface area (Å²) in [5.41, 5.74) is 7.27. The molecule has 3 rings (SSSR count). The van der Waals surface area contributed by atoms with Crippen LogP contribution in [-0.2, 0) is 4.79 Å². The zero-order valence-corrected chi connectivity index (χ0v) is 15.7. The molecule has 0 spiro atoms. The van der Waals surface area contributed by atoms with Gasteiger partial charge in [0.25, 0.3) is 5.91 Å². The predicted octanol–water partition coefficient (Wildman–Crippen LogP) is 4.96. The second-order valence-corrected chi connectivity index (χ2v) is 6.42. The van der Waals surface area contributed by atoms with Crippen LogP contribution in [-0.4, -0.2) is 18.2 Å². The van der Waals surface area contributed by atoms with Crippen LogP contribution in [0.4, 0.5) is 5.69 Å². The third kappa shape index (κ3) is 5.19. The number of hydrogen-bond donors (Lipinski definition) is 2. The summed E-state index contributed by atoms with van der Waals surface area (Å²) in [5.74, 6) is -0.241. The maximum absolute atomic E-state index is 12.0.